The summed E-state index contributed by atoms with van der Waals surface area (Å²) in [4.78, 5) is 9.03. The number of aromatic amines is 1. The van der Waals surface area contributed by atoms with E-state index in [1.165, 1.54) is 12.1 Å². The molecule has 0 atom stereocenters. The van der Waals surface area contributed by atoms with Crippen LogP contribution in [0.2, 0.25) is 0 Å². The average molecular weight is 209 g/mol. The van der Waals surface area contributed by atoms with E-state index in [0.29, 0.717) is 18.0 Å². The molecule has 0 bridgehead atoms. The molecule has 15 heavy (non-hydrogen) atoms. The molecule has 4 nitrogen and oxygen atoms in total. The van der Waals surface area contributed by atoms with Crippen molar-refractivity contribution >= 4 is 17.0 Å². The van der Waals surface area contributed by atoms with Gasteiger partial charge in [0.2, 0.25) is 5.95 Å². The standard InChI is InChI=1S/C10H12FN3O/c1-14(4-5-15)10-12-8-3-2-7(11)6-9(8)13-10/h2-3,6,15H,4-5H2,1H3,(H,12,13). The number of halogens is 1. The number of aliphatic hydroxyl groups excluding tert-OH is 1. The zero-order valence-corrected chi connectivity index (χ0v) is 8.37. The lowest BCUT2D eigenvalue weighted by Gasteiger charge is -2.12. The van der Waals surface area contributed by atoms with Gasteiger partial charge in [-0.15, -0.1) is 0 Å². The highest BCUT2D eigenvalue weighted by atomic mass is 19.1. The molecule has 0 aliphatic heterocycles. The Kier molecular flexibility index (Phi) is 2.55. The molecule has 5 heteroatoms. The Morgan fingerprint density at radius 3 is 3.07 bits per heavy atom. The fraction of sp³-hybridized carbons (Fsp3) is 0.300. The molecule has 0 amide bonds. The van der Waals surface area contributed by atoms with Gasteiger partial charge in [-0.05, 0) is 18.2 Å². The van der Waals surface area contributed by atoms with Crippen LogP contribution in [0.25, 0.3) is 11.0 Å². The highest BCUT2D eigenvalue weighted by Gasteiger charge is 2.06. The maximum absolute atomic E-state index is 12.9. The SMILES string of the molecule is CN(CCO)c1nc2ccc(F)cc2[nH]1. The topological polar surface area (TPSA) is 52.1 Å². The molecule has 80 valence electrons. The van der Waals surface area contributed by atoms with Crippen molar-refractivity contribution in [2.45, 2.75) is 0 Å². The smallest absolute Gasteiger partial charge is 0.203 e. The second kappa shape index (κ2) is 3.86. The van der Waals surface area contributed by atoms with Gasteiger partial charge in [-0.1, -0.05) is 0 Å². The second-order valence-electron chi connectivity index (χ2n) is 3.37. The molecule has 0 spiro atoms. The minimum atomic E-state index is -0.289. The minimum absolute atomic E-state index is 0.0574. The van der Waals surface area contributed by atoms with Gasteiger partial charge in [0.15, 0.2) is 0 Å². The number of nitrogens with zero attached hydrogens (tertiary/aromatic N) is 2. The summed E-state index contributed by atoms with van der Waals surface area (Å²) in [5, 5.41) is 8.77. The van der Waals surface area contributed by atoms with E-state index >= 15 is 0 Å². The van der Waals surface area contributed by atoms with Crippen molar-refractivity contribution in [2.75, 3.05) is 25.1 Å². The summed E-state index contributed by atoms with van der Waals surface area (Å²) in [6, 6.07) is 4.40. The van der Waals surface area contributed by atoms with Crippen LogP contribution >= 0.6 is 0 Å². The number of fused-ring (bicyclic) bond motifs is 1. The molecule has 1 aromatic carbocycles. The maximum atomic E-state index is 12.9. The number of rotatable bonds is 3. The molecule has 1 heterocycles. The first-order valence-electron chi connectivity index (χ1n) is 4.68. The van der Waals surface area contributed by atoms with Crippen LogP contribution < -0.4 is 4.90 Å². The van der Waals surface area contributed by atoms with Crippen molar-refractivity contribution in [3.63, 3.8) is 0 Å². The van der Waals surface area contributed by atoms with Crippen molar-refractivity contribution in [3.8, 4) is 0 Å². The Balaban J connectivity index is 2.38. The predicted molar refractivity (Wildman–Crippen MR) is 56.4 cm³/mol. The number of benzene rings is 1. The summed E-state index contributed by atoms with van der Waals surface area (Å²) in [5.41, 5.74) is 1.38. The minimum Gasteiger partial charge on any atom is -0.395 e. The highest BCUT2D eigenvalue weighted by Crippen LogP contribution is 2.17. The lowest BCUT2D eigenvalue weighted by atomic mass is 10.3. The number of aromatic nitrogens is 2. The molecule has 2 aromatic rings. The Morgan fingerprint density at radius 1 is 1.53 bits per heavy atom. The van der Waals surface area contributed by atoms with Gasteiger partial charge in [-0.2, -0.15) is 0 Å². The van der Waals surface area contributed by atoms with Crippen molar-refractivity contribution in [1.82, 2.24) is 9.97 Å². The number of nitrogens with one attached hydrogen (secondary N) is 1. The summed E-state index contributed by atoms with van der Waals surface area (Å²) in [7, 11) is 1.81. The molecule has 0 fully saturated rings. The lowest BCUT2D eigenvalue weighted by Crippen LogP contribution is -2.22. The third-order valence-corrected chi connectivity index (χ3v) is 2.23. The van der Waals surface area contributed by atoms with Crippen LogP contribution in [-0.4, -0.2) is 35.3 Å². The third kappa shape index (κ3) is 1.92. The Morgan fingerprint density at radius 2 is 2.33 bits per heavy atom. The van der Waals surface area contributed by atoms with E-state index in [0.717, 1.165) is 5.52 Å². The van der Waals surface area contributed by atoms with E-state index in [-0.39, 0.29) is 12.4 Å². The number of likely N-dealkylation sites (N-methyl/N-ethyl adjacent to an activating group) is 1. The second-order valence-corrected chi connectivity index (χ2v) is 3.37. The van der Waals surface area contributed by atoms with Gasteiger partial charge >= 0.3 is 0 Å². The molecule has 0 saturated carbocycles. The zero-order chi connectivity index (χ0) is 10.8. The van der Waals surface area contributed by atoms with Gasteiger partial charge in [0, 0.05) is 13.6 Å². The molecule has 0 radical (unpaired) electrons. The van der Waals surface area contributed by atoms with Crippen molar-refractivity contribution in [3.05, 3.63) is 24.0 Å². The van der Waals surface area contributed by atoms with Gasteiger partial charge < -0.3 is 15.0 Å². The number of hydrogen-bond acceptors (Lipinski definition) is 3. The third-order valence-electron chi connectivity index (χ3n) is 2.23. The predicted octanol–water partition coefficient (Wildman–Crippen LogP) is 1.13. The molecule has 0 aliphatic rings. The highest BCUT2D eigenvalue weighted by molar-refractivity contribution is 5.77. The molecular formula is C10H12FN3O. The normalized spacial score (nSPS) is 10.9. The Bertz CT molecular complexity index is 469. The van der Waals surface area contributed by atoms with Gasteiger partial charge in [-0.25, -0.2) is 9.37 Å². The molecule has 0 aliphatic carbocycles. The van der Waals surface area contributed by atoms with E-state index < -0.39 is 0 Å². The van der Waals surface area contributed by atoms with Crippen molar-refractivity contribution in [2.24, 2.45) is 0 Å². The van der Waals surface area contributed by atoms with E-state index in [4.69, 9.17) is 5.11 Å². The summed E-state index contributed by atoms with van der Waals surface area (Å²) in [6.07, 6.45) is 0. The van der Waals surface area contributed by atoms with E-state index in [1.54, 1.807) is 11.0 Å². The number of hydrogen-bond donors (Lipinski definition) is 2. The molecule has 0 saturated heterocycles. The molecule has 0 unspecified atom stereocenters. The fourth-order valence-electron chi connectivity index (χ4n) is 1.41. The van der Waals surface area contributed by atoms with Gasteiger partial charge in [0.05, 0.1) is 17.6 Å². The molecule has 2 N–H and O–H groups in total. The fourth-order valence-corrected chi connectivity index (χ4v) is 1.41. The lowest BCUT2D eigenvalue weighted by molar-refractivity contribution is 0.303. The van der Waals surface area contributed by atoms with Crippen LogP contribution in [0.5, 0.6) is 0 Å². The molecule has 1 aromatic heterocycles. The van der Waals surface area contributed by atoms with Crippen LogP contribution in [0.15, 0.2) is 18.2 Å². The zero-order valence-electron chi connectivity index (χ0n) is 8.37. The van der Waals surface area contributed by atoms with E-state index in [9.17, 15) is 4.39 Å². The number of anilines is 1. The number of imidazole rings is 1. The van der Waals surface area contributed by atoms with Crippen LogP contribution in [0.1, 0.15) is 0 Å². The monoisotopic (exact) mass is 209 g/mol. The van der Waals surface area contributed by atoms with Gasteiger partial charge in [0.25, 0.3) is 0 Å². The molecular weight excluding hydrogens is 197 g/mol. The van der Waals surface area contributed by atoms with Crippen LogP contribution in [-0.2, 0) is 0 Å². The van der Waals surface area contributed by atoms with Crippen molar-refractivity contribution in [1.29, 1.82) is 0 Å². The summed E-state index contributed by atoms with van der Waals surface area (Å²) in [6.45, 7) is 0.546. The van der Waals surface area contributed by atoms with Gasteiger partial charge in [-0.3, -0.25) is 0 Å². The summed E-state index contributed by atoms with van der Waals surface area (Å²) >= 11 is 0. The number of aliphatic hydroxyl groups is 1. The summed E-state index contributed by atoms with van der Waals surface area (Å²) < 4.78 is 12.9. The quantitative estimate of drug-likeness (QED) is 0.796. The van der Waals surface area contributed by atoms with E-state index in [2.05, 4.69) is 9.97 Å². The number of H-pyrrole nitrogens is 1. The maximum Gasteiger partial charge on any atom is 0.203 e. The Labute approximate surface area is 86.4 Å². The largest absolute Gasteiger partial charge is 0.395 e. The van der Waals surface area contributed by atoms with Crippen LogP contribution in [0.3, 0.4) is 0 Å². The van der Waals surface area contributed by atoms with Gasteiger partial charge in [0.1, 0.15) is 5.82 Å². The first-order valence-corrected chi connectivity index (χ1v) is 4.68. The average Bonchev–Trinajstić information content (AvgIpc) is 2.60. The first-order chi connectivity index (χ1) is 7.20. The Hall–Kier alpha value is -1.62. The summed E-state index contributed by atoms with van der Waals surface area (Å²) in [5.74, 6) is 0.340. The van der Waals surface area contributed by atoms with Crippen molar-refractivity contribution < 1.29 is 9.50 Å². The van der Waals surface area contributed by atoms with Crippen LogP contribution in [0, 0.1) is 5.82 Å². The van der Waals surface area contributed by atoms with E-state index in [1.807, 2.05) is 7.05 Å². The first kappa shape index (κ1) is 9.92. The molecule has 2 rings (SSSR count). The van der Waals surface area contributed by atoms with Crippen LogP contribution in [0.4, 0.5) is 10.3 Å².